The Morgan fingerprint density at radius 3 is 2.58 bits per heavy atom. The van der Waals surface area contributed by atoms with Crippen molar-refractivity contribution in [2.45, 2.75) is 23.9 Å². The zero-order chi connectivity index (χ0) is 16.8. The number of rotatable bonds is 6. The van der Waals surface area contributed by atoms with Crippen molar-refractivity contribution >= 4 is 17.7 Å². The molecular formula is C18H18N4OS. The fourth-order valence-electron chi connectivity index (χ4n) is 2.27. The maximum Gasteiger partial charge on any atom is 0.251 e. The van der Waals surface area contributed by atoms with E-state index in [9.17, 15) is 4.79 Å². The first-order valence-corrected chi connectivity index (χ1v) is 8.64. The summed E-state index contributed by atoms with van der Waals surface area (Å²) in [5.74, 6) is 0.707. The fraction of sp³-hybridized carbons (Fsp3) is 0.167. The number of hydrogen-bond acceptors (Lipinski definition) is 4. The molecule has 3 aromatic rings. The van der Waals surface area contributed by atoms with Crippen LogP contribution in [0.2, 0.25) is 0 Å². The third-order valence-corrected chi connectivity index (χ3v) is 4.58. The summed E-state index contributed by atoms with van der Waals surface area (Å²) < 4.78 is 0. The Hall–Kier alpha value is -2.60. The van der Waals surface area contributed by atoms with Crippen molar-refractivity contribution in [2.75, 3.05) is 0 Å². The van der Waals surface area contributed by atoms with E-state index >= 15 is 0 Å². The molecule has 0 saturated heterocycles. The summed E-state index contributed by atoms with van der Waals surface area (Å²) in [6.45, 7) is 1.98. The van der Waals surface area contributed by atoms with E-state index in [2.05, 4.69) is 20.5 Å². The molecule has 6 heteroatoms. The van der Waals surface area contributed by atoms with Gasteiger partial charge in [-0.15, -0.1) is 0 Å². The molecule has 122 valence electrons. The Balaban J connectivity index is 1.57. The number of aromatic amines is 1. The monoisotopic (exact) mass is 338 g/mol. The molecule has 0 fully saturated rings. The molecule has 1 atom stereocenters. The molecule has 3 rings (SSSR count). The lowest BCUT2D eigenvalue weighted by Gasteiger charge is -2.14. The van der Waals surface area contributed by atoms with Crippen molar-refractivity contribution in [1.82, 2.24) is 20.5 Å². The van der Waals surface area contributed by atoms with Gasteiger partial charge in [0.25, 0.3) is 5.91 Å². The second-order valence-electron chi connectivity index (χ2n) is 5.38. The smallest absolute Gasteiger partial charge is 0.251 e. The van der Waals surface area contributed by atoms with Crippen molar-refractivity contribution in [3.63, 3.8) is 0 Å². The number of nitrogens with one attached hydrogen (secondary N) is 2. The van der Waals surface area contributed by atoms with Gasteiger partial charge in [-0.05, 0) is 30.2 Å². The third-order valence-electron chi connectivity index (χ3n) is 3.63. The summed E-state index contributed by atoms with van der Waals surface area (Å²) in [5.41, 5.74) is 2.88. The molecule has 5 nitrogen and oxygen atoms in total. The normalized spacial score (nSPS) is 11.9. The van der Waals surface area contributed by atoms with Crippen molar-refractivity contribution in [1.29, 1.82) is 0 Å². The summed E-state index contributed by atoms with van der Waals surface area (Å²) in [6, 6.07) is 17.5. The second kappa shape index (κ2) is 7.79. The van der Waals surface area contributed by atoms with E-state index in [1.165, 1.54) is 6.33 Å². The van der Waals surface area contributed by atoms with Gasteiger partial charge in [0.05, 0.1) is 6.04 Å². The first-order chi connectivity index (χ1) is 11.7. The van der Waals surface area contributed by atoms with Crippen LogP contribution in [0.15, 0.2) is 66.1 Å². The molecule has 0 bridgehead atoms. The number of nitrogens with zero attached hydrogens (tertiary/aromatic N) is 2. The van der Waals surface area contributed by atoms with E-state index in [4.69, 9.17) is 0 Å². The Labute approximate surface area is 144 Å². The number of carbonyl (C=O) groups excluding carboxylic acids is 1. The minimum Gasteiger partial charge on any atom is -0.346 e. The third kappa shape index (κ3) is 4.23. The van der Waals surface area contributed by atoms with E-state index in [0.29, 0.717) is 5.56 Å². The summed E-state index contributed by atoms with van der Waals surface area (Å²) >= 11 is 1.57. The van der Waals surface area contributed by atoms with Gasteiger partial charge in [-0.2, -0.15) is 5.10 Å². The SMILES string of the molecule is C[C@H](NC(=O)c1ccc(CSc2ncn[nH]2)cc1)c1ccccc1. The van der Waals surface area contributed by atoms with Crippen LogP contribution >= 0.6 is 11.8 Å². The molecule has 24 heavy (non-hydrogen) atoms. The second-order valence-corrected chi connectivity index (χ2v) is 6.35. The molecule has 1 heterocycles. The van der Waals surface area contributed by atoms with Crippen molar-refractivity contribution < 1.29 is 4.79 Å². The summed E-state index contributed by atoms with van der Waals surface area (Å²) in [7, 11) is 0. The Morgan fingerprint density at radius 2 is 1.92 bits per heavy atom. The van der Waals surface area contributed by atoms with Gasteiger partial charge in [0.15, 0.2) is 5.16 Å². The quantitative estimate of drug-likeness (QED) is 0.674. The Bertz CT molecular complexity index is 773. The summed E-state index contributed by atoms with van der Waals surface area (Å²) in [5, 5.41) is 10.4. The first-order valence-electron chi connectivity index (χ1n) is 7.65. The molecule has 0 aliphatic heterocycles. The van der Waals surface area contributed by atoms with Crippen LogP contribution in [0.4, 0.5) is 0 Å². The average Bonchev–Trinajstić information content (AvgIpc) is 3.14. The lowest BCUT2D eigenvalue weighted by atomic mass is 10.1. The first kappa shape index (κ1) is 16.3. The molecule has 0 aliphatic carbocycles. The highest BCUT2D eigenvalue weighted by Crippen LogP contribution is 2.19. The summed E-state index contributed by atoms with van der Waals surface area (Å²) in [6.07, 6.45) is 1.49. The molecule has 2 aromatic carbocycles. The van der Waals surface area contributed by atoms with E-state index in [1.54, 1.807) is 11.8 Å². The van der Waals surface area contributed by atoms with Gasteiger partial charge in [0.2, 0.25) is 0 Å². The van der Waals surface area contributed by atoms with E-state index in [-0.39, 0.29) is 11.9 Å². The van der Waals surface area contributed by atoms with Crippen LogP contribution in [0.25, 0.3) is 0 Å². The number of H-pyrrole nitrogens is 1. The van der Waals surface area contributed by atoms with Crippen LogP contribution in [-0.2, 0) is 5.75 Å². The van der Waals surface area contributed by atoms with Crippen LogP contribution in [-0.4, -0.2) is 21.1 Å². The standard InChI is InChI=1S/C18H18N4OS/c1-13(15-5-3-2-4-6-15)21-17(23)16-9-7-14(8-10-16)11-24-18-19-12-20-22-18/h2-10,12-13H,11H2,1H3,(H,21,23)(H,19,20,22)/t13-/m0/s1. The molecule has 0 spiro atoms. The maximum absolute atomic E-state index is 12.3. The van der Waals surface area contributed by atoms with Crippen LogP contribution in [0.3, 0.4) is 0 Å². The van der Waals surface area contributed by atoms with Gasteiger partial charge in [-0.3, -0.25) is 9.89 Å². The zero-order valence-corrected chi connectivity index (χ0v) is 14.1. The van der Waals surface area contributed by atoms with Gasteiger partial charge in [-0.25, -0.2) is 4.98 Å². The topological polar surface area (TPSA) is 70.7 Å². The minimum absolute atomic E-state index is 0.0274. The zero-order valence-electron chi connectivity index (χ0n) is 13.3. The predicted octanol–water partition coefficient (Wildman–Crippen LogP) is 3.59. The molecule has 0 aliphatic rings. The number of amides is 1. The van der Waals surface area contributed by atoms with Gasteiger partial charge >= 0.3 is 0 Å². The van der Waals surface area contributed by atoms with Gasteiger partial charge in [0.1, 0.15) is 6.33 Å². The van der Waals surface area contributed by atoms with Crippen molar-refractivity contribution in [2.24, 2.45) is 0 Å². The number of hydrogen-bond donors (Lipinski definition) is 2. The largest absolute Gasteiger partial charge is 0.346 e. The maximum atomic E-state index is 12.3. The number of thioether (sulfide) groups is 1. The molecule has 0 radical (unpaired) electrons. The molecule has 1 amide bonds. The number of benzene rings is 2. The highest BCUT2D eigenvalue weighted by Gasteiger charge is 2.11. The van der Waals surface area contributed by atoms with Crippen LogP contribution in [0.5, 0.6) is 0 Å². The Kier molecular flexibility index (Phi) is 5.28. The highest BCUT2D eigenvalue weighted by atomic mass is 32.2. The number of aromatic nitrogens is 3. The van der Waals surface area contributed by atoms with Gasteiger partial charge in [-0.1, -0.05) is 54.2 Å². The van der Waals surface area contributed by atoms with Crippen LogP contribution < -0.4 is 5.32 Å². The lowest BCUT2D eigenvalue weighted by molar-refractivity contribution is 0.0940. The molecular weight excluding hydrogens is 320 g/mol. The van der Waals surface area contributed by atoms with Crippen molar-refractivity contribution in [3.8, 4) is 0 Å². The molecule has 0 unspecified atom stereocenters. The number of carbonyl (C=O) groups is 1. The average molecular weight is 338 g/mol. The van der Waals surface area contributed by atoms with Crippen LogP contribution in [0, 0.1) is 0 Å². The van der Waals surface area contributed by atoms with Crippen LogP contribution in [0.1, 0.15) is 34.5 Å². The van der Waals surface area contributed by atoms with Gasteiger partial charge < -0.3 is 5.32 Å². The minimum atomic E-state index is -0.0687. The van der Waals surface area contributed by atoms with Gasteiger partial charge in [0, 0.05) is 11.3 Å². The van der Waals surface area contributed by atoms with E-state index < -0.39 is 0 Å². The molecule has 1 aromatic heterocycles. The highest BCUT2D eigenvalue weighted by molar-refractivity contribution is 7.98. The Morgan fingerprint density at radius 1 is 1.17 bits per heavy atom. The fourth-order valence-corrected chi connectivity index (χ4v) is 3.01. The lowest BCUT2D eigenvalue weighted by Crippen LogP contribution is -2.26. The molecule has 0 saturated carbocycles. The summed E-state index contributed by atoms with van der Waals surface area (Å²) in [4.78, 5) is 16.4. The predicted molar refractivity (Wildman–Crippen MR) is 94.7 cm³/mol. The van der Waals surface area contributed by atoms with E-state index in [1.807, 2.05) is 61.5 Å². The van der Waals surface area contributed by atoms with Crippen molar-refractivity contribution in [3.05, 3.63) is 77.6 Å². The molecule has 2 N–H and O–H groups in total. The van der Waals surface area contributed by atoms with E-state index in [0.717, 1.165) is 22.0 Å².